The number of aromatic nitrogens is 2. The van der Waals surface area contributed by atoms with Crippen LogP contribution in [0.4, 0.5) is 5.82 Å². The van der Waals surface area contributed by atoms with E-state index in [4.69, 9.17) is 39.8 Å². The third-order valence-electron chi connectivity index (χ3n) is 5.86. The minimum absolute atomic E-state index is 0.0345. The van der Waals surface area contributed by atoms with E-state index in [1.54, 1.807) is 6.07 Å². The minimum Gasteiger partial charge on any atom is -0.355 e. The number of sulfonamides is 1. The molecular weight excluding hydrogens is 515 g/mol. The average molecular weight is 540 g/mol. The molecule has 6 nitrogen and oxygen atoms in total. The van der Waals surface area contributed by atoms with Gasteiger partial charge in [0, 0.05) is 53.9 Å². The molecule has 1 aliphatic rings. The molecular formula is C24H25Cl3N4O2S. The Morgan fingerprint density at radius 2 is 1.59 bits per heavy atom. The van der Waals surface area contributed by atoms with Crippen molar-refractivity contribution in [3.63, 3.8) is 0 Å². The first kappa shape index (κ1) is 25.2. The highest BCUT2D eigenvalue weighted by Gasteiger charge is 2.30. The van der Waals surface area contributed by atoms with Crippen LogP contribution in [0.3, 0.4) is 0 Å². The van der Waals surface area contributed by atoms with E-state index in [0.29, 0.717) is 54.9 Å². The lowest BCUT2D eigenvalue weighted by Gasteiger charge is -2.26. The molecule has 1 aromatic heterocycles. The van der Waals surface area contributed by atoms with Crippen LogP contribution >= 0.6 is 34.8 Å². The summed E-state index contributed by atoms with van der Waals surface area (Å²) in [5, 5.41) is 1.19. The number of hydrogen-bond acceptors (Lipinski definition) is 5. The first-order valence-corrected chi connectivity index (χ1v) is 13.5. The van der Waals surface area contributed by atoms with E-state index in [9.17, 15) is 8.42 Å². The second kappa shape index (κ2) is 10.4. The van der Waals surface area contributed by atoms with E-state index < -0.39 is 10.0 Å². The number of hydrogen-bond donors (Lipinski definition) is 0. The molecule has 1 fully saturated rings. The van der Waals surface area contributed by atoms with Crippen molar-refractivity contribution < 1.29 is 8.42 Å². The molecule has 2 aromatic carbocycles. The Morgan fingerprint density at radius 3 is 2.32 bits per heavy atom. The smallest absolute Gasteiger partial charge is 0.244 e. The van der Waals surface area contributed by atoms with Crippen molar-refractivity contribution in [2.24, 2.45) is 0 Å². The molecule has 0 unspecified atom stereocenters. The van der Waals surface area contributed by atoms with Gasteiger partial charge in [0.2, 0.25) is 10.0 Å². The van der Waals surface area contributed by atoms with Crippen molar-refractivity contribution in [2.75, 3.05) is 31.1 Å². The van der Waals surface area contributed by atoms with E-state index in [-0.39, 0.29) is 9.92 Å². The Kier molecular flexibility index (Phi) is 7.69. The Labute approximate surface area is 215 Å². The Bertz CT molecular complexity index is 1300. The molecule has 0 N–H and O–H groups in total. The number of rotatable bonds is 5. The van der Waals surface area contributed by atoms with Crippen LogP contribution in [0.15, 0.2) is 47.4 Å². The van der Waals surface area contributed by atoms with Gasteiger partial charge in [-0.05, 0) is 56.2 Å². The van der Waals surface area contributed by atoms with Crippen LogP contribution in [0.5, 0.6) is 0 Å². The van der Waals surface area contributed by atoms with Gasteiger partial charge in [0.15, 0.2) is 0 Å². The Morgan fingerprint density at radius 1 is 0.882 bits per heavy atom. The van der Waals surface area contributed by atoms with E-state index >= 15 is 0 Å². The number of aryl methyl sites for hydroxylation is 2. The molecule has 1 saturated heterocycles. The lowest BCUT2D eigenvalue weighted by molar-refractivity contribution is 0.433. The molecule has 0 amide bonds. The zero-order valence-corrected chi connectivity index (χ0v) is 22.0. The summed E-state index contributed by atoms with van der Waals surface area (Å²) in [6.45, 7) is 5.74. The van der Waals surface area contributed by atoms with E-state index in [1.807, 2.05) is 38.1 Å². The average Bonchev–Trinajstić information content (AvgIpc) is 3.05. The third-order valence-corrected chi connectivity index (χ3v) is 8.73. The van der Waals surface area contributed by atoms with Gasteiger partial charge in [-0.2, -0.15) is 4.31 Å². The van der Waals surface area contributed by atoms with Gasteiger partial charge in [-0.15, -0.1) is 0 Å². The first-order valence-electron chi connectivity index (χ1n) is 10.9. The zero-order chi connectivity index (χ0) is 24.5. The van der Waals surface area contributed by atoms with Gasteiger partial charge in [-0.1, -0.05) is 46.9 Å². The maximum Gasteiger partial charge on any atom is 0.244 e. The molecule has 0 aliphatic carbocycles. The lowest BCUT2D eigenvalue weighted by Crippen LogP contribution is -2.36. The maximum absolute atomic E-state index is 13.3. The summed E-state index contributed by atoms with van der Waals surface area (Å²) in [4.78, 5) is 11.5. The van der Waals surface area contributed by atoms with Gasteiger partial charge in [0.1, 0.15) is 16.5 Å². The van der Waals surface area contributed by atoms with Crippen molar-refractivity contribution in [1.29, 1.82) is 0 Å². The summed E-state index contributed by atoms with van der Waals surface area (Å²) >= 11 is 18.3. The predicted octanol–water partition coefficient (Wildman–Crippen LogP) is 5.55. The van der Waals surface area contributed by atoms with Crippen LogP contribution in [-0.2, 0) is 16.4 Å². The van der Waals surface area contributed by atoms with Crippen molar-refractivity contribution in [1.82, 2.24) is 14.3 Å². The zero-order valence-electron chi connectivity index (χ0n) is 18.9. The molecule has 3 aromatic rings. The van der Waals surface area contributed by atoms with Gasteiger partial charge in [0.05, 0.1) is 5.02 Å². The summed E-state index contributed by atoms with van der Waals surface area (Å²) in [6.07, 6.45) is 1.31. The fourth-order valence-electron chi connectivity index (χ4n) is 4.15. The minimum atomic E-state index is -3.78. The molecule has 0 radical (unpaired) electrons. The van der Waals surface area contributed by atoms with E-state index in [0.717, 1.165) is 22.6 Å². The first-order chi connectivity index (χ1) is 16.1. The molecule has 4 rings (SSSR count). The topological polar surface area (TPSA) is 66.4 Å². The molecule has 34 heavy (non-hydrogen) atoms. The molecule has 0 spiro atoms. The van der Waals surface area contributed by atoms with Gasteiger partial charge in [0.25, 0.3) is 0 Å². The van der Waals surface area contributed by atoms with Crippen LogP contribution in [0.2, 0.25) is 15.1 Å². The fourth-order valence-corrected chi connectivity index (χ4v) is 6.49. The molecule has 2 heterocycles. The number of benzene rings is 2. The van der Waals surface area contributed by atoms with Gasteiger partial charge in [-0.3, -0.25) is 0 Å². The highest BCUT2D eigenvalue weighted by Crippen LogP contribution is 2.30. The van der Waals surface area contributed by atoms with Crippen LogP contribution in [0.1, 0.15) is 29.1 Å². The predicted molar refractivity (Wildman–Crippen MR) is 138 cm³/mol. The van der Waals surface area contributed by atoms with Gasteiger partial charge >= 0.3 is 0 Å². The molecule has 0 saturated carbocycles. The SMILES string of the molecule is Cc1nc(C)c(Cc2ccc(Cl)cc2)c(N2CCCN(S(=O)(=O)c3cc(Cl)ccc3Cl)CC2)n1. The van der Waals surface area contributed by atoms with Gasteiger partial charge < -0.3 is 4.90 Å². The number of halogens is 3. The molecule has 1 aliphatic heterocycles. The summed E-state index contributed by atoms with van der Waals surface area (Å²) in [7, 11) is -3.78. The number of anilines is 1. The van der Waals surface area contributed by atoms with Crippen molar-refractivity contribution in [3.8, 4) is 0 Å². The van der Waals surface area contributed by atoms with Crippen molar-refractivity contribution >= 4 is 50.6 Å². The second-order valence-corrected chi connectivity index (χ2v) is 11.5. The monoisotopic (exact) mass is 538 g/mol. The van der Waals surface area contributed by atoms with Crippen LogP contribution in [-0.4, -0.2) is 48.9 Å². The summed E-state index contributed by atoms with van der Waals surface area (Å²) in [5.41, 5.74) is 3.05. The highest BCUT2D eigenvalue weighted by atomic mass is 35.5. The maximum atomic E-state index is 13.3. The number of nitrogens with zero attached hydrogens (tertiary/aromatic N) is 4. The largest absolute Gasteiger partial charge is 0.355 e. The lowest BCUT2D eigenvalue weighted by atomic mass is 10.0. The van der Waals surface area contributed by atoms with E-state index in [2.05, 4.69) is 9.88 Å². The molecule has 10 heteroatoms. The van der Waals surface area contributed by atoms with Crippen LogP contribution in [0, 0.1) is 13.8 Å². The van der Waals surface area contributed by atoms with Crippen LogP contribution in [0.25, 0.3) is 0 Å². The Balaban J connectivity index is 1.61. The summed E-state index contributed by atoms with van der Waals surface area (Å²) < 4.78 is 28.1. The van der Waals surface area contributed by atoms with Gasteiger partial charge in [-0.25, -0.2) is 18.4 Å². The fraction of sp³-hybridized carbons (Fsp3) is 0.333. The van der Waals surface area contributed by atoms with E-state index in [1.165, 1.54) is 16.4 Å². The molecule has 0 bridgehead atoms. The highest BCUT2D eigenvalue weighted by molar-refractivity contribution is 7.89. The van der Waals surface area contributed by atoms with Crippen molar-refractivity contribution in [3.05, 3.63) is 80.2 Å². The quantitative estimate of drug-likeness (QED) is 0.426. The molecule has 180 valence electrons. The Hall–Kier alpha value is -1.90. The summed E-state index contributed by atoms with van der Waals surface area (Å²) in [6, 6.07) is 12.2. The normalized spacial score (nSPS) is 15.4. The third kappa shape index (κ3) is 5.50. The van der Waals surface area contributed by atoms with Crippen molar-refractivity contribution in [2.45, 2.75) is 31.6 Å². The standard InChI is InChI=1S/C24H25Cl3N4O2S/c1-16-21(14-18-4-6-19(25)7-5-18)24(29-17(2)28-16)30-10-3-11-31(13-12-30)34(32,33)23-15-20(26)8-9-22(23)27/h4-9,15H,3,10-14H2,1-2H3. The van der Waals surface area contributed by atoms with Crippen LogP contribution < -0.4 is 4.90 Å². The summed E-state index contributed by atoms with van der Waals surface area (Å²) in [5.74, 6) is 1.53. The molecule has 0 atom stereocenters. The second-order valence-electron chi connectivity index (χ2n) is 8.28.